The van der Waals surface area contributed by atoms with Gasteiger partial charge in [-0.05, 0) is 12.8 Å². The van der Waals surface area contributed by atoms with Crippen LogP contribution < -0.4 is 4.72 Å². The molecular formula is C9H15N3O4S. The summed E-state index contributed by atoms with van der Waals surface area (Å²) in [5.74, 6) is -1.13. The minimum absolute atomic E-state index is 0.0989. The van der Waals surface area contributed by atoms with E-state index in [1.807, 2.05) is 13.8 Å². The number of hydrogen-bond donors (Lipinski definition) is 3. The zero-order valence-corrected chi connectivity index (χ0v) is 10.6. The highest BCUT2D eigenvalue weighted by molar-refractivity contribution is 7.94. The number of carboxylic acid groups (broad SMARTS) is 1. The van der Waals surface area contributed by atoms with Gasteiger partial charge in [-0.1, -0.05) is 13.8 Å². The largest absolute Gasteiger partial charge is 0.480 e. The molecule has 1 aromatic heterocycles. The topological polar surface area (TPSA) is 112 Å². The summed E-state index contributed by atoms with van der Waals surface area (Å²) in [4.78, 5) is 10.6. The molecule has 1 aromatic rings. The Kier molecular flexibility index (Phi) is 3.76. The molecule has 1 heterocycles. The predicted molar refractivity (Wildman–Crippen MR) is 62.3 cm³/mol. The van der Waals surface area contributed by atoms with E-state index < -0.39 is 21.2 Å². The van der Waals surface area contributed by atoms with Gasteiger partial charge >= 0.3 is 5.97 Å². The summed E-state index contributed by atoms with van der Waals surface area (Å²) in [5.41, 5.74) is 0.769. The third-order valence-corrected chi connectivity index (χ3v) is 3.91. The molecule has 17 heavy (non-hydrogen) atoms. The van der Waals surface area contributed by atoms with Gasteiger partial charge < -0.3 is 5.11 Å². The fraction of sp³-hybridized carbons (Fsp3) is 0.556. The highest BCUT2D eigenvalue weighted by atomic mass is 32.2. The monoisotopic (exact) mass is 261 g/mol. The summed E-state index contributed by atoms with van der Waals surface area (Å²) >= 11 is 0. The molecule has 0 aliphatic heterocycles. The van der Waals surface area contributed by atoms with E-state index in [1.165, 1.54) is 6.07 Å². The number of aromatic nitrogens is 2. The van der Waals surface area contributed by atoms with Crippen molar-refractivity contribution in [3.8, 4) is 0 Å². The van der Waals surface area contributed by atoms with Crippen molar-refractivity contribution < 1.29 is 18.3 Å². The third kappa shape index (κ3) is 3.19. The number of carboxylic acids is 1. The van der Waals surface area contributed by atoms with Gasteiger partial charge in [0.1, 0.15) is 0 Å². The van der Waals surface area contributed by atoms with E-state index >= 15 is 0 Å². The quantitative estimate of drug-likeness (QED) is 0.724. The van der Waals surface area contributed by atoms with Crippen LogP contribution in [0.4, 0.5) is 5.82 Å². The van der Waals surface area contributed by atoms with Crippen molar-refractivity contribution >= 4 is 21.8 Å². The van der Waals surface area contributed by atoms with Crippen molar-refractivity contribution in [2.24, 2.45) is 0 Å². The molecule has 0 bridgehead atoms. The number of rotatable bonds is 5. The SMILES string of the molecule is CC(C)c1cc(NS(=O)(=O)C(C)C(=O)O)n[nH]1. The maximum atomic E-state index is 11.6. The van der Waals surface area contributed by atoms with E-state index in [-0.39, 0.29) is 11.7 Å². The van der Waals surface area contributed by atoms with Gasteiger partial charge in [0.15, 0.2) is 11.1 Å². The van der Waals surface area contributed by atoms with Crippen LogP contribution in [0, 0.1) is 0 Å². The summed E-state index contributed by atoms with van der Waals surface area (Å²) in [6, 6.07) is 1.54. The van der Waals surface area contributed by atoms with E-state index in [4.69, 9.17) is 5.11 Å². The number of carbonyl (C=O) groups is 1. The first-order valence-electron chi connectivity index (χ1n) is 5.03. The van der Waals surface area contributed by atoms with Crippen LogP contribution >= 0.6 is 0 Å². The Hall–Kier alpha value is -1.57. The maximum absolute atomic E-state index is 11.6. The Morgan fingerprint density at radius 1 is 1.47 bits per heavy atom. The number of anilines is 1. The molecule has 8 heteroatoms. The molecule has 1 rings (SSSR count). The molecule has 1 unspecified atom stereocenters. The Bertz CT molecular complexity index is 506. The summed E-state index contributed by atoms with van der Waals surface area (Å²) in [6.07, 6.45) is 0. The van der Waals surface area contributed by atoms with E-state index in [2.05, 4.69) is 14.9 Å². The fourth-order valence-corrected chi connectivity index (χ4v) is 1.89. The van der Waals surface area contributed by atoms with E-state index in [0.717, 1.165) is 12.6 Å². The first-order chi connectivity index (χ1) is 7.74. The maximum Gasteiger partial charge on any atom is 0.323 e. The second-order valence-corrected chi connectivity index (χ2v) is 5.99. The molecule has 0 saturated heterocycles. The zero-order chi connectivity index (χ0) is 13.2. The van der Waals surface area contributed by atoms with Crippen LogP contribution in [0.2, 0.25) is 0 Å². The molecule has 0 amide bonds. The van der Waals surface area contributed by atoms with Gasteiger partial charge in [0.2, 0.25) is 10.0 Å². The Morgan fingerprint density at radius 3 is 2.47 bits per heavy atom. The fourth-order valence-electron chi connectivity index (χ4n) is 1.05. The summed E-state index contributed by atoms with van der Waals surface area (Å²) < 4.78 is 25.3. The van der Waals surface area contributed by atoms with Crippen molar-refractivity contribution in [2.45, 2.75) is 31.9 Å². The minimum Gasteiger partial charge on any atom is -0.480 e. The molecular weight excluding hydrogens is 246 g/mol. The molecule has 1 atom stereocenters. The van der Waals surface area contributed by atoms with Crippen LogP contribution in [0.15, 0.2) is 6.07 Å². The lowest BCUT2D eigenvalue weighted by atomic mass is 10.1. The first-order valence-corrected chi connectivity index (χ1v) is 6.58. The van der Waals surface area contributed by atoms with Gasteiger partial charge in [-0.15, -0.1) is 0 Å². The van der Waals surface area contributed by atoms with Gasteiger partial charge in [-0.3, -0.25) is 14.6 Å². The molecule has 96 valence electrons. The van der Waals surface area contributed by atoms with Gasteiger partial charge in [-0.25, -0.2) is 8.42 Å². The first kappa shape index (κ1) is 13.5. The average molecular weight is 261 g/mol. The summed E-state index contributed by atoms with van der Waals surface area (Å²) in [7, 11) is -3.96. The second kappa shape index (κ2) is 4.74. The van der Waals surface area contributed by atoms with Crippen molar-refractivity contribution in [1.82, 2.24) is 10.2 Å². The predicted octanol–water partition coefficient (Wildman–Crippen LogP) is 0.748. The van der Waals surface area contributed by atoms with Crippen LogP contribution in [0.1, 0.15) is 32.4 Å². The smallest absolute Gasteiger partial charge is 0.323 e. The molecule has 3 N–H and O–H groups in total. The van der Waals surface area contributed by atoms with Gasteiger partial charge in [0.25, 0.3) is 0 Å². The Balaban J connectivity index is 2.87. The lowest BCUT2D eigenvalue weighted by Gasteiger charge is -2.08. The number of hydrogen-bond acceptors (Lipinski definition) is 4. The van der Waals surface area contributed by atoms with Gasteiger partial charge in [-0.2, -0.15) is 5.10 Å². The van der Waals surface area contributed by atoms with Crippen LogP contribution in [0.5, 0.6) is 0 Å². The highest BCUT2D eigenvalue weighted by Gasteiger charge is 2.28. The van der Waals surface area contributed by atoms with Crippen molar-refractivity contribution in [3.05, 3.63) is 11.8 Å². The lowest BCUT2D eigenvalue weighted by molar-refractivity contribution is -0.136. The standard InChI is InChI=1S/C9H15N3O4S/c1-5(2)7-4-8(11-10-7)12-17(15,16)6(3)9(13)14/h4-6H,1-3H3,(H,13,14)(H2,10,11,12). The molecule has 0 aliphatic carbocycles. The van der Waals surface area contributed by atoms with Gasteiger partial charge in [0, 0.05) is 11.8 Å². The van der Waals surface area contributed by atoms with E-state index in [1.54, 1.807) is 0 Å². The Morgan fingerprint density at radius 2 is 2.06 bits per heavy atom. The molecule has 0 fully saturated rings. The number of nitrogens with zero attached hydrogens (tertiary/aromatic N) is 1. The van der Waals surface area contributed by atoms with Crippen LogP contribution in [-0.4, -0.2) is 34.9 Å². The normalized spacial score (nSPS) is 13.6. The third-order valence-electron chi connectivity index (χ3n) is 2.28. The minimum atomic E-state index is -3.96. The number of aromatic amines is 1. The number of nitrogens with one attached hydrogen (secondary N) is 2. The van der Waals surface area contributed by atoms with E-state index in [0.29, 0.717) is 0 Å². The molecule has 0 aromatic carbocycles. The Labute approximate surface area is 99.3 Å². The van der Waals surface area contributed by atoms with Crippen LogP contribution in [-0.2, 0) is 14.8 Å². The number of H-pyrrole nitrogens is 1. The molecule has 0 saturated carbocycles. The summed E-state index contributed by atoms with van der Waals surface area (Å²) in [5, 5.41) is 13.5. The second-order valence-electron chi connectivity index (χ2n) is 3.99. The van der Waals surface area contributed by atoms with Crippen molar-refractivity contribution in [3.63, 3.8) is 0 Å². The van der Waals surface area contributed by atoms with Crippen molar-refractivity contribution in [1.29, 1.82) is 0 Å². The van der Waals surface area contributed by atoms with E-state index in [9.17, 15) is 13.2 Å². The zero-order valence-electron chi connectivity index (χ0n) is 9.76. The van der Waals surface area contributed by atoms with Crippen molar-refractivity contribution in [2.75, 3.05) is 4.72 Å². The van der Waals surface area contributed by atoms with Crippen LogP contribution in [0.25, 0.3) is 0 Å². The summed E-state index contributed by atoms with van der Waals surface area (Å²) in [6.45, 7) is 4.94. The molecule has 7 nitrogen and oxygen atoms in total. The molecule has 0 aliphatic rings. The molecule has 0 spiro atoms. The van der Waals surface area contributed by atoms with Gasteiger partial charge in [0.05, 0.1) is 0 Å². The number of sulfonamides is 1. The number of aliphatic carboxylic acids is 1. The molecule has 0 radical (unpaired) electrons. The average Bonchev–Trinajstić information content (AvgIpc) is 2.64. The van der Waals surface area contributed by atoms with Crippen LogP contribution in [0.3, 0.4) is 0 Å². The lowest BCUT2D eigenvalue weighted by Crippen LogP contribution is -2.32. The highest BCUT2D eigenvalue weighted by Crippen LogP contribution is 2.16.